The predicted molar refractivity (Wildman–Crippen MR) is 60.8 cm³/mol. The third kappa shape index (κ3) is 4.80. The van der Waals surface area contributed by atoms with Gasteiger partial charge in [-0.15, -0.1) is 0 Å². The van der Waals surface area contributed by atoms with Crippen LogP contribution >= 0.6 is 11.6 Å². The molecule has 0 aromatic heterocycles. The van der Waals surface area contributed by atoms with Crippen LogP contribution in [0.3, 0.4) is 0 Å². The Balaban J connectivity index is 2.38. The van der Waals surface area contributed by atoms with E-state index in [4.69, 9.17) is 17.3 Å². The molecule has 4 N–H and O–H groups in total. The average Bonchev–Trinajstić information content (AvgIpc) is 2.22. The Kier molecular flexibility index (Phi) is 4.86. The van der Waals surface area contributed by atoms with Crippen molar-refractivity contribution in [3.63, 3.8) is 0 Å². The van der Waals surface area contributed by atoms with Gasteiger partial charge < -0.3 is 11.1 Å². The van der Waals surface area contributed by atoms with Crippen molar-refractivity contribution < 1.29 is 14.0 Å². The molecule has 0 aliphatic carbocycles. The molecule has 5 nitrogen and oxygen atoms in total. The number of nitrogens with one attached hydrogen (secondary N) is 2. The first-order valence-corrected chi connectivity index (χ1v) is 5.11. The van der Waals surface area contributed by atoms with Gasteiger partial charge in [0.2, 0.25) is 5.91 Å². The Hall–Kier alpha value is -1.66. The molecule has 0 unspecified atom stereocenters. The van der Waals surface area contributed by atoms with Gasteiger partial charge in [0.15, 0.2) is 0 Å². The number of nitrogens with two attached hydrogens (primary N) is 1. The molecule has 1 rings (SSSR count). The number of urea groups is 1. The molecule has 3 amide bonds. The maximum absolute atomic E-state index is 12.8. The van der Waals surface area contributed by atoms with Crippen LogP contribution in [0.15, 0.2) is 18.2 Å². The number of primary amides is 1. The molecule has 7 heteroatoms. The van der Waals surface area contributed by atoms with Crippen LogP contribution in [0.25, 0.3) is 0 Å². The third-order valence-corrected chi connectivity index (χ3v) is 2.15. The third-order valence-electron chi connectivity index (χ3n) is 1.86. The van der Waals surface area contributed by atoms with E-state index in [0.717, 1.165) is 5.56 Å². The number of amides is 3. The van der Waals surface area contributed by atoms with Crippen LogP contribution in [0, 0.1) is 5.82 Å². The van der Waals surface area contributed by atoms with Crippen LogP contribution in [-0.2, 0) is 11.3 Å². The van der Waals surface area contributed by atoms with E-state index < -0.39 is 17.8 Å². The molecule has 0 spiro atoms. The van der Waals surface area contributed by atoms with Gasteiger partial charge in [-0.1, -0.05) is 17.7 Å². The summed E-state index contributed by atoms with van der Waals surface area (Å²) in [4.78, 5) is 21.3. The zero-order valence-corrected chi connectivity index (χ0v) is 9.55. The molecular weight excluding hydrogens is 249 g/mol. The Labute approximate surface area is 102 Å². The normalized spacial score (nSPS) is 10.0. The van der Waals surface area contributed by atoms with Gasteiger partial charge in [-0.2, -0.15) is 0 Å². The minimum Gasteiger partial charge on any atom is -0.351 e. The highest BCUT2D eigenvalue weighted by molar-refractivity contribution is 6.30. The number of halogens is 2. The summed E-state index contributed by atoms with van der Waals surface area (Å²) in [6.07, 6.45) is 0. The zero-order valence-electron chi connectivity index (χ0n) is 8.80. The van der Waals surface area contributed by atoms with Crippen molar-refractivity contribution in [3.05, 3.63) is 34.6 Å². The molecule has 1 aromatic carbocycles. The van der Waals surface area contributed by atoms with Crippen LogP contribution in [0.5, 0.6) is 0 Å². The van der Waals surface area contributed by atoms with E-state index in [1.807, 2.05) is 5.32 Å². The first-order valence-electron chi connectivity index (χ1n) is 4.73. The van der Waals surface area contributed by atoms with Crippen molar-refractivity contribution in [2.24, 2.45) is 5.73 Å². The standard InChI is InChI=1S/C10H11ClFN3O2/c11-7-3-6(1-2-8(7)12)4-14-5-9(16)15-10(13)17/h1-3,14H,4-5H2,(H3,13,15,16,17). The SMILES string of the molecule is NC(=O)NC(=O)CNCc1ccc(F)c(Cl)c1. The van der Waals surface area contributed by atoms with Crippen molar-refractivity contribution in [1.82, 2.24) is 10.6 Å². The van der Waals surface area contributed by atoms with E-state index in [9.17, 15) is 14.0 Å². The van der Waals surface area contributed by atoms with Crippen LogP contribution in [-0.4, -0.2) is 18.5 Å². The van der Waals surface area contributed by atoms with Crippen LogP contribution in [0.4, 0.5) is 9.18 Å². The molecule has 0 atom stereocenters. The van der Waals surface area contributed by atoms with E-state index in [-0.39, 0.29) is 11.6 Å². The molecule has 92 valence electrons. The molecule has 0 aliphatic heterocycles. The summed E-state index contributed by atoms with van der Waals surface area (Å²) >= 11 is 5.58. The van der Waals surface area contributed by atoms with Crippen LogP contribution < -0.4 is 16.4 Å². The van der Waals surface area contributed by atoms with Crippen molar-refractivity contribution >= 4 is 23.5 Å². The first kappa shape index (κ1) is 13.4. The summed E-state index contributed by atoms with van der Waals surface area (Å²) in [5.74, 6) is -1.03. The Bertz CT molecular complexity index is 440. The monoisotopic (exact) mass is 259 g/mol. The van der Waals surface area contributed by atoms with Gasteiger partial charge in [0, 0.05) is 6.54 Å². The van der Waals surface area contributed by atoms with Gasteiger partial charge in [-0.05, 0) is 17.7 Å². The summed E-state index contributed by atoms with van der Waals surface area (Å²) in [5.41, 5.74) is 5.48. The zero-order chi connectivity index (χ0) is 12.8. The number of imide groups is 1. The highest BCUT2D eigenvalue weighted by Crippen LogP contribution is 2.15. The maximum Gasteiger partial charge on any atom is 0.318 e. The second-order valence-electron chi connectivity index (χ2n) is 3.26. The second-order valence-corrected chi connectivity index (χ2v) is 3.67. The summed E-state index contributed by atoms with van der Waals surface area (Å²) in [7, 11) is 0. The van der Waals surface area contributed by atoms with Crippen molar-refractivity contribution in [2.75, 3.05) is 6.54 Å². The van der Waals surface area contributed by atoms with E-state index in [1.54, 1.807) is 6.07 Å². The summed E-state index contributed by atoms with van der Waals surface area (Å²) in [6, 6.07) is 3.33. The Morgan fingerprint density at radius 1 is 1.41 bits per heavy atom. The highest BCUT2D eigenvalue weighted by Gasteiger charge is 2.04. The van der Waals surface area contributed by atoms with Gasteiger partial charge >= 0.3 is 6.03 Å². The summed E-state index contributed by atoms with van der Waals surface area (Å²) < 4.78 is 12.8. The summed E-state index contributed by atoms with van der Waals surface area (Å²) in [5, 5.41) is 4.67. The lowest BCUT2D eigenvalue weighted by Crippen LogP contribution is -2.40. The average molecular weight is 260 g/mol. The molecule has 1 aromatic rings. The molecule has 0 bridgehead atoms. The summed E-state index contributed by atoms with van der Waals surface area (Å²) in [6.45, 7) is 0.254. The maximum atomic E-state index is 12.8. The van der Waals surface area contributed by atoms with Gasteiger partial charge in [-0.3, -0.25) is 10.1 Å². The van der Waals surface area contributed by atoms with Crippen LogP contribution in [0.2, 0.25) is 5.02 Å². The van der Waals surface area contributed by atoms with Crippen LogP contribution in [0.1, 0.15) is 5.56 Å². The molecule has 0 saturated carbocycles. The Morgan fingerprint density at radius 3 is 2.71 bits per heavy atom. The fraction of sp³-hybridized carbons (Fsp3) is 0.200. The lowest BCUT2D eigenvalue weighted by molar-refractivity contribution is -0.119. The fourth-order valence-corrected chi connectivity index (χ4v) is 1.35. The molecule has 0 saturated heterocycles. The lowest BCUT2D eigenvalue weighted by Gasteiger charge is -2.05. The van der Waals surface area contributed by atoms with E-state index >= 15 is 0 Å². The number of hydrogen-bond acceptors (Lipinski definition) is 3. The molecule has 17 heavy (non-hydrogen) atoms. The molecule has 0 radical (unpaired) electrons. The minimum atomic E-state index is -0.901. The molecule has 0 fully saturated rings. The molecule has 0 heterocycles. The quantitative estimate of drug-likeness (QED) is 0.746. The number of carbonyl (C=O) groups is 2. The smallest absolute Gasteiger partial charge is 0.318 e. The highest BCUT2D eigenvalue weighted by atomic mass is 35.5. The van der Waals surface area contributed by atoms with Gasteiger partial charge in [0.1, 0.15) is 5.82 Å². The largest absolute Gasteiger partial charge is 0.351 e. The van der Waals surface area contributed by atoms with E-state index in [2.05, 4.69) is 5.32 Å². The van der Waals surface area contributed by atoms with Gasteiger partial charge in [-0.25, -0.2) is 9.18 Å². The fourth-order valence-electron chi connectivity index (χ4n) is 1.15. The Morgan fingerprint density at radius 2 is 2.12 bits per heavy atom. The predicted octanol–water partition coefficient (Wildman–Crippen LogP) is 0.764. The van der Waals surface area contributed by atoms with Gasteiger partial charge in [0.05, 0.1) is 11.6 Å². The number of rotatable bonds is 4. The lowest BCUT2D eigenvalue weighted by atomic mass is 10.2. The molecule has 0 aliphatic rings. The first-order chi connectivity index (χ1) is 7.99. The van der Waals surface area contributed by atoms with Gasteiger partial charge in [0.25, 0.3) is 0 Å². The topological polar surface area (TPSA) is 84.2 Å². The van der Waals surface area contributed by atoms with E-state index in [1.165, 1.54) is 12.1 Å². The van der Waals surface area contributed by atoms with E-state index in [0.29, 0.717) is 6.54 Å². The number of hydrogen-bond donors (Lipinski definition) is 3. The number of benzene rings is 1. The van der Waals surface area contributed by atoms with Crippen molar-refractivity contribution in [2.45, 2.75) is 6.54 Å². The van der Waals surface area contributed by atoms with Crippen molar-refractivity contribution in [1.29, 1.82) is 0 Å². The van der Waals surface area contributed by atoms with Crippen molar-refractivity contribution in [3.8, 4) is 0 Å². The molecular formula is C10H11ClFN3O2. The second kappa shape index (κ2) is 6.17. The minimum absolute atomic E-state index is 0.0193. The number of carbonyl (C=O) groups excluding carboxylic acids is 2.